The lowest BCUT2D eigenvalue weighted by molar-refractivity contribution is 0.102. The minimum atomic E-state index is -0.199. The number of benzene rings is 2. The summed E-state index contributed by atoms with van der Waals surface area (Å²) in [6, 6.07) is 13.0. The number of amides is 1. The molecule has 3 rings (SSSR count). The van der Waals surface area contributed by atoms with Crippen LogP contribution in [0.25, 0.3) is 0 Å². The number of fused-ring (bicyclic) bond motifs is 1. The molecule has 2 aromatic carbocycles. The van der Waals surface area contributed by atoms with Crippen molar-refractivity contribution in [1.29, 1.82) is 0 Å². The lowest BCUT2D eigenvalue weighted by atomic mass is 10.1. The molecule has 1 aliphatic rings. The van der Waals surface area contributed by atoms with Gasteiger partial charge in [-0.2, -0.15) is 0 Å². The standard InChI is InChI=1S/C17H17NO3/c1-20-15-10-3-2-8-13(15)17(19)18-14-9-4-6-12-7-5-11-21-16(12)14/h2-4,6,8-10H,5,7,11H2,1H3,(H,18,19). The van der Waals surface area contributed by atoms with Crippen molar-refractivity contribution in [2.75, 3.05) is 19.0 Å². The molecule has 0 radical (unpaired) electrons. The number of methoxy groups -OCH3 is 1. The number of aryl methyl sites for hydroxylation is 1. The molecule has 0 saturated carbocycles. The Hall–Kier alpha value is -2.49. The molecule has 21 heavy (non-hydrogen) atoms. The number of hydrogen-bond donors (Lipinski definition) is 1. The van der Waals surface area contributed by atoms with Crippen molar-refractivity contribution in [2.24, 2.45) is 0 Å². The highest BCUT2D eigenvalue weighted by Gasteiger charge is 2.18. The number of carbonyl (C=O) groups excluding carboxylic acids is 1. The molecule has 1 N–H and O–H groups in total. The van der Waals surface area contributed by atoms with Crippen LogP contribution in [0.15, 0.2) is 42.5 Å². The average molecular weight is 283 g/mol. The van der Waals surface area contributed by atoms with Crippen molar-refractivity contribution >= 4 is 11.6 Å². The van der Waals surface area contributed by atoms with Crippen LogP contribution in [-0.4, -0.2) is 19.6 Å². The van der Waals surface area contributed by atoms with Gasteiger partial charge in [0, 0.05) is 0 Å². The third-order valence-corrected chi connectivity index (χ3v) is 3.53. The van der Waals surface area contributed by atoms with Crippen molar-refractivity contribution in [1.82, 2.24) is 0 Å². The zero-order valence-electron chi connectivity index (χ0n) is 11.9. The van der Waals surface area contributed by atoms with Crippen LogP contribution in [0, 0.1) is 0 Å². The van der Waals surface area contributed by atoms with Crippen LogP contribution in [-0.2, 0) is 6.42 Å². The maximum absolute atomic E-state index is 12.4. The van der Waals surface area contributed by atoms with Crippen molar-refractivity contribution < 1.29 is 14.3 Å². The molecule has 0 aliphatic carbocycles. The van der Waals surface area contributed by atoms with E-state index in [1.165, 1.54) is 0 Å². The predicted octanol–water partition coefficient (Wildman–Crippen LogP) is 3.27. The Morgan fingerprint density at radius 2 is 2.05 bits per heavy atom. The maximum atomic E-state index is 12.4. The van der Waals surface area contributed by atoms with Gasteiger partial charge in [0.15, 0.2) is 0 Å². The van der Waals surface area contributed by atoms with Gasteiger partial charge in [-0.15, -0.1) is 0 Å². The van der Waals surface area contributed by atoms with Gasteiger partial charge in [0.25, 0.3) is 5.91 Å². The van der Waals surface area contributed by atoms with Gasteiger partial charge in [0.05, 0.1) is 25.0 Å². The summed E-state index contributed by atoms with van der Waals surface area (Å²) in [6.07, 6.45) is 1.99. The number of para-hydroxylation sites is 2. The Morgan fingerprint density at radius 3 is 2.90 bits per heavy atom. The van der Waals surface area contributed by atoms with E-state index in [9.17, 15) is 4.79 Å². The van der Waals surface area contributed by atoms with Crippen molar-refractivity contribution in [3.05, 3.63) is 53.6 Å². The Bertz CT molecular complexity index is 667. The van der Waals surface area contributed by atoms with Crippen LogP contribution < -0.4 is 14.8 Å². The van der Waals surface area contributed by atoms with Gasteiger partial charge in [-0.05, 0) is 36.6 Å². The smallest absolute Gasteiger partial charge is 0.259 e. The average Bonchev–Trinajstić information content (AvgIpc) is 2.55. The highest BCUT2D eigenvalue weighted by Crippen LogP contribution is 2.33. The summed E-state index contributed by atoms with van der Waals surface area (Å²) >= 11 is 0. The van der Waals surface area contributed by atoms with E-state index in [1.807, 2.05) is 30.3 Å². The quantitative estimate of drug-likeness (QED) is 0.940. The molecule has 0 aromatic heterocycles. The van der Waals surface area contributed by atoms with Crippen molar-refractivity contribution in [3.8, 4) is 11.5 Å². The molecular formula is C17H17NO3. The first-order valence-corrected chi connectivity index (χ1v) is 6.98. The first-order valence-electron chi connectivity index (χ1n) is 6.98. The fourth-order valence-corrected chi connectivity index (χ4v) is 2.51. The van der Waals surface area contributed by atoms with Crippen molar-refractivity contribution in [2.45, 2.75) is 12.8 Å². The zero-order valence-corrected chi connectivity index (χ0v) is 11.9. The van der Waals surface area contributed by atoms with E-state index in [2.05, 4.69) is 5.32 Å². The second-order valence-corrected chi connectivity index (χ2v) is 4.90. The monoisotopic (exact) mass is 283 g/mol. The van der Waals surface area contributed by atoms with Gasteiger partial charge in [0.2, 0.25) is 0 Å². The minimum absolute atomic E-state index is 0.199. The third-order valence-electron chi connectivity index (χ3n) is 3.53. The van der Waals surface area contributed by atoms with Crippen LogP contribution in [0.3, 0.4) is 0 Å². The summed E-state index contributed by atoms with van der Waals surface area (Å²) in [5.41, 5.74) is 2.36. The summed E-state index contributed by atoms with van der Waals surface area (Å²) in [5, 5.41) is 2.92. The fraction of sp³-hybridized carbons (Fsp3) is 0.235. The molecule has 0 unspecified atom stereocenters. The number of anilines is 1. The van der Waals surface area contributed by atoms with E-state index in [0.717, 1.165) is 24.2 Å². The highest BCUT2D eigenvalue weighted by atomic mass is 16.5. The van der Waals surface area contributed by atoms with E-state index in [4.69, 9.17) is 9.47 Å². The molecule has 1 aliphatic heterocycles. The zero-order chi connectivity index (χ0) is 14.7. The van der Waals surface area contributed by atoms with Gasteiger partial charge in [-0.25, -0.2) is 0 Å². The molecule has 0 atom stereocenters. The number of hydrogen-bond acceptors (Lipinski definition) is 3. The summed E-state index contributed by atoms with van der Waals surface area (Å²) < 4.78 is 10.9. The van der Waals surface area contributed by atoms with Gasteiger partial charge >= 0.3 is 0 Å². The Labute approximate surface area is 123 Å². The fourth-order valence-electron chi connectivity index (χ4n) is 2.51. The summed E-state index contributed by atoms with van der Waals surface area (Å²) in [5.74, 6) is 1.14. The largest absolute Gasteiger partial charge is 0.496 e. The second-order valence-electron chi connectivity index (χ2n) is 4.90. The van der Waals surface area contributed by atoms with Crippen LogP contribution in [0.1, 0.15) is 22.3 Å². The topological polar surface area (TPSA) is 47.6 Å². The third kappa shape index (κ3) is 2.70. The molecule has 108 valence electrons. The van der Waals surface area contributed by atoms with Crippen LogP contribution in [0.4, 0.5) is 5.69 Å². The van der Waals surface area contributed by atoms with E-state index in [0.29, 0.717) is 23.6 Å². The molecule has 0 fully saturated rings. The maximum Gasteiger partial charge on any atom is 0.259 e. The molecule has 0 saturated heterocycles. The summed E-state index contributed by atoms with van der Waals surface area (Å²) in [6.45, 7) is 0.689. The van der Waals surface area contributed by atoms with Crippen molar-refractivity contribution in [3.63, 3.8) is 0 Å². The Morgan fingerprint density at radius 1 is 1.19 bits per heavy atom. The number of ether oxygens (including phenoxy) is 2. The van der Waals surface area contributed by atoms with Gasteiger partial charge < -0.3 is 14.8 Å². The van der Waals surface area contributed by atoms with Gasteiger partial charge in [0.1, 0.15) is 11.5 Å². The number of nitrogens with one attached hydrogen (secondary N) is 1. The van der Waals surface area contributed by atoms with Crippen LogP contribution in [0.2, 0.25) is 0 Å². The van der Waals surface area contributed by atoms with E-state index in [-0.39, 0.29) is 5.91 Å². The number of rotatable bonds is 3. The molecule has 4 nitrogen and oxygen atoms in total. The van der Waals surface area contributed by atoms with Gasteiger partial charge in [-0.1, -0.05) is 24.3 Å². The highest BCUT2D eigenvalue weighted by molar-refractivity contribution is 6.07. The first-order chi connectivity index (χ1) is 10.3. The molecule has 0 spiro atoms. The molecule has 1 amide bonds. The molecule has 0 bridgehead atoms. The van der Waals surface area contributed by atoms with E-state index >= 15 is 0 Å². The SMILES string of the molecule is COc1ccccc1C(=O)Nc1cccc2c1OCCC2. The lowest BCUT2D eigenvalue weighted by Crippen LogP contribution is -2.16. The van der Waals surface area contributed by atoms with Gasteiger partial charge in [-0.3, -0.25) is 4.79 Å². The van der Waals surface area contributed by atoms with E-state index < -0.39 is 0 Å². The molecular weight excluding hydrogens is 266 g/mol. The van der Waals surface area contributed by atoms with Crippen LogP contribution >= 0.6 is 0 Å². The predicted molar refractivity (Wildman–Crippen MR) is 81.2 cm³/mol. The Kier molecular flexibility index (Phi) is 3.77. The summed E-state index contributed by atoms with van der Waals surface area (Å²) in [4.78, 5) is 12.4. The summed E-state index contributed by atoms with van der Waals surface area (Å²) in [7, 11) is 1.56. The van der Waals surface area contributed by atoms with Crippen LogP contribution in [0.5, 0.6) is 11.5 Å². The number of carbonyl (C=O) groups is 1. The normalized spacial score (nSPS) is 13.0. The molecule has 1 heterocycles. The first kappa shape index (κ1) is 13.5. The van der Waals surface area contributed by atoms with E-state index in [1.54, 1.807) is 19.2 Å². The minimum Gasteiger partial charge on any atom is -0.496 e. The molecule has 4 heteroatoms. The Balaban J connectivity index is 1.88. The second kappa shape index (κ2) is 5.87. The molecule has 2 aromatic rings. The lowest BCUT2D eigenvalue weighted by Gasteiger charge is -2.20.